The number of esters is 2. The van der Waals surface area contributed by atoms with Gasteiger partial charge in [0.1, 0.15) is 25.4 Å². The molecular formula is C18H34O8. The lowest BCUT2D eigenvalue weighted by molar-refractivity contribution is -0.154. The molecule has 154 valence electrons. The van der Waals surface area contributed by atoms with Crippen LogP contribution in [-0.2, 0) is 28.5 Å². The van der Waals surface area contributed by atoms with E-state index in [4.69, 9.17) is 18.9 Å². The van der Waals surface area contributed by atoms with E-state index in [1.807, 2.05) is 6.92 Å². The van der Waals surface area contributed by atoms with Gasteiger partial charge in [-0.3, -0.25) is 9.59 Å². The summed E-state index contributed by atoms with van der Waals surface area (Å²) in [5.41, 5.74) is 0. The minimum atomic E-state index is -0.596. The molecule has 0 rings (SSSR count). The lowest BCUT2D eigenvalue weighted by atomic mass is 10.2. The van der Waals surface area contributed by atoms with E-state index < -0.39 is 12.2 Å². The van der Waals surface area contributed by atoms with Crippen LogP contribution in [0.3, 0.4) is 0 Å². The fourth-order valence-electron chi connectivity index (χ4n) is 1.64. The largest absolute Gasteiger partial charge is 0.463 e. The molecule has 0 radical (unpaired) electrons. The Morgan fingerprint density at radius 1 is 0.692 bits per heavy atom. The maximum absolute atomic E-state index is 11.4. The Balaban J connectivity index is 4.08. The van der Waals surface area contributed by atoms with Gasteiger partial charge < -0.3 is 29.2 Å². The van der Waals surface area contributed by atoms with E-state index in [2.05, 4.69) is 0 Å². The molecule has 0 saturated heterocycles. The van der Waals surface area contributed by atoms with Gasteiger partial charge in [-0.15, -0.1) is 0 Å². The zero-order valence-electron chi connectivity index (χ0n) is 16.5. The van der Waals surface area contributed by atoms with Crippen molar-refractivity contribution in [3.8, 4) is 0 Å². The van der Waals surface area contributed by atoms with Crippen LogP contribution >= 0.6 is 0 Å². The molecule has 2 unspecified atom stereocenters. The minimum Gasteiger partial charge on any atom is -0.463 e. The van der Waals surface area contributed by atoms with E-state index in [0.29, 0.717) is 0 Å². The molecule has 0 aromatic heterocycles. The number of aliphatic hydroxyl groups excluding tert-OH is 2. The molecule has 0 aliphatic heterocycles. The predicted octanol–water partition coefficient (Wildman–Crippen LogP) is 0.776. The highest BCUT2D eigenvalue weighted by Gasteiger charge is 2.18. The van der Waals surface area contributed by atoms with Crippen molar-refractivity contribution in [2.75, 3.05) is 39.6 Å². The van der Waals surface area contributed by atoms with Gasteiger partial charge >= 0.3 is 11.9 Å². The van der Waals surface area contributed by atoms with Crippen LogP contribution in [0.25, 0.3) is 0 Å². The third kappa shape index (κ3) is 11.4. The zero-order valence-corrected chi connectivity index (χ0v) is 16.5. The third-order valence-corrected chi connectivity index (χ3v) is 3.41. The number of rotatable bonds is 14. The molecule has 26 heavy (non-hydrogen) atoms. The van der Waals surface area contributed by atoms with Crippen molar-refractivity contribution < 1.29 is 38.7 Å². The van der Waals surface area contributed by atoms with Crippen LogP contribution in [0.15, 0.2) is 0 Å². The maximum Gasteiger partial charge on any atom is 0.308 e. The molecule has 0 aliphatic rings. The van der Waals surface area contributed by atoms with Crippen molar-refractivity contribution in [2.24, 2.45) is 17.8 Å². The highest BCUT2D eigenvalue weighted by Crippen LogP contribution is 2.06. The van der Waals surface area contributed by atoms with E-state index in [1.54, 1.807) is 27.7 Å². The van der Waals surface area contributed by atoms with Gasteiger partial charge in [0.05, 0.1) is 38.3 Å². The van der Waals surface area contributed by atoms with Gasteiger partial charge in [0, 0.05) is 5.92 Å². The fraction of sp³-hybridized carbons (Fsp3) is 0.889. The molecule has 0 aliphatic carbocycles. The van der Waals surface area contributed by atoms with Crippen LogP contribution in [0.4, 0.5) is 0 Å². The van der Waals surface area contributed by atoms with Gasteiger partial charge in [0.15, 0.2) is 0 Å². The second kappa shape index (κ2) is 13.9. The Morgan fingerprint density at radius 2 is 1.04 bits per heavy atom. The summed E-state index contributed by atoms with van der Waals surface area (Å²) < 4.78 is 21.1. The summed E-state index contributed by atoms with van der Waals surface area (Å²) in [7, 11) is 0. The highest BCUT2D eigenvalue weighted by atomic mass is 16.6. The number of carbonyl (C=O) groups excluding carboxylic acids is 2. The maximum atomic E-state index is 11.4. The Labute approximate surface area is 155 Å². The molecule has 2 atom stereocenters. The number of ether oxygens (including phenoxy) is 4. The van der Waals surface area contributed by atoms with Crippen LogP contribution in [0.1, 0.15) is 34.6 Å². The first-order valence-electron chi connectivity index (χ1n) is 8.99. The van der Waals surface area contributed by atoms with Crippen LogP contribution in [-0.4, -0.2) is 74.0 Å². The van der Waals surface area contributed by atoms with Crippen LogP contribution in [0.5, 0.6) is 0 Å². The summed E-state index contributed by atoms with van der Waals surface area (Å²) in [5.74, 6) is -1.18. The van der Waals surface area contributed by atoms with Crippen LogP contribution in [0, 0.1) is 17.8 Å². The van der Waals surface area contributed by atoms with Gasteiger partial charge in [-0.05, 0) is 0 Å². The number of hydrogen-bond donors (Lipinski definition) is 2. The minimum absolute atomic E-state index is 0.00842. The molecule has 8 nitrogen and oxygen atoms in total. The van der Waals surface area contributed by atoms with E-state index in [0.717, 1.165) is 0 Å². The first-order chi connectivity index (χ1) is 12.2. The molecule has 8 heteroatoms. The van der Waals surface area contributed by atoms with E-state index in [9.17, 15) is 19.8 Å². The second-order valence-corrected chi connectivity index (χ2v) is 6.95. The molecule has 0 saturated carbocycles. The van der Waals surface area contributed by atoms with Crippen molar-refractivity contribution in [3.05, 3.63) is 0 Å². The van der Waals surface area contributed by atoms with Crippen molar-refractivity contribution in [3.63, 3.8) is 0 Å². The standard InChI is InChI=1S/C18H34O8/c1-12(2)17(21)25-10-15(6-19)23-8-14(5)9-24-16(7-20)11-26-18(22)13(3)4/h12-16,19-20H,6-11H2,1-5H3. The summed E-state index contributed by atoms with van der Waals surface area (Å²) in [6, 6.07) is 0. The molecule has 0 aromatic rings. The van der Waals surface area contributed by atoms with E-state index in [-0.39, 0.29) is 69.3 Å². The second-order valence-electron chi connectivity index (χ2n) is 6.95. The molecular weight excluding hydrogens is 344 g/mol. The monoisotopic (exact) mass is 378 g/mol. The number of hydrogen-bond acceptors (Lipinski definition) is 8. The van der Waals surface area contributed by atoms with Crippen molar-refractivity contribution >= 4 is 11.9 Å². The smallest absolute Gasteiger partial charge is 0.308 e. The van der Waals surface area contributed by atoms with Crippen molar-refractivity contribution in [2.45, 2.75) is 46.8 Å². The molecule has 0 spiro atoms. The summed E-state index contributed by atoms with van der Waals surface area (Å²) >= 11 is 0. The first-order valence-corrected chi connectivity index (χ1v) is 8.99. The van der Waals surface area contributed by atoms with Crippen LogP contribution in [0.2, 0.25) is 0 Å². The van der Waals surface area contributed by atoms with Gasteiger partial charge in [-0.1, -0.05) is 34.6 Å². The van der Waals surface area contributed by atoms with E-state index in [1.165, 1.54) is 0 Å². The van der Waals surface area contributed by atoms with Crippen molar-refractivity contribution in [1.82, 2.24) is 0 Å². The van der Waals surface area contributed by atoms with E-state index >= 15 is 0 Å². The van der Waals surface area contributed by atoms with Gasteiger partial charge in [-0.2, -0.15) is 0 Å². The SMILES string of the molecule is CC(COC(CO)COC(=O)C(C)C)COC(CO)COC(=O)C(C)C. The number of aliphatic hydroxyl groups is 2. The Morgan fingerprint density at radius 3 is 1.31 bits per heavy atom. The topological polar surface area (TPSA) is 112 Å². The lowest BCUT2D eigenvalue weighted by Crippen LogP contribution is -2.31. The highest BCUT2D eigenvalue weighted by molar-refractivity contribution is 5.71. The quantitative estimate of drug-likeness (QED) is 0.427. The molecule has 0 bridgehead atoms. The molecule has 0 aromatic carbocycles. The average molecular weight is 378 g/mol. The summed E-state index contributed by atoms with van der Waals surface area (Å²) in [6.45, 7) is 8.83. The number of carbonyl (C=O) groups is 2. The lowest BCUT2D eigenvalue weighted by Gasteiger charge is -2.21. The molecule has 0 heterocycles. The fourth-order valence-corrected chi connectivity index (χ4v) is 1.64. The van der Waals surface area contributed by atoms with Gasteiger partial charge in [-0.25, -0.2) is 0 Å². The summed E-state index contributed by atoms with van der Waals surface area (Å²) in [5, 5.41) is 18.6. The molecule has 0 amide bonds. The zero-order chi connectivity index (χ0) is 20.1. The molecule has 2 N–H and O–H groups in total. The first kappa shape index (κ1) is 24.8. The predicted molar refractivity (Wildman–Crippen MR) is 94.4 cm³/mol. The normalized spacial score (nSPS) is 15.0. The Hall–Kier alpha value is -1.22. The van der Waals surface area contributed by atoms with Gasteiger partial charge in [0.2, 0.25) is 0 Å². The Kier molecular flexibility index (Phi) is 13.3. The Bertz CT molecular complexity index is 361. The van der Waals surface area contributed by atoms with Crippen molar-refractivity contribution in [1.29, 1.82) is 0 Å². The van der Waals surface area contributed by atoms with Gasteiger partial charge in [0.25, 0.3) is 0 Å². The third-order valence-electron chi connectivity index (χ3n) is 3.41. The molecule has 0 fully saturated rings. The summed E-state index contributed by atoms with van der Waals surface area (Å²) in [6.07, 6.45) is -1.19. The van der Waals surface area contributed by atoms with Crippen LogP contribution < -0.4 is 0 Å². The summed E-state index contributed by atoms with van der Waals surface area (Å²) in [4.78, 5) is 22.8. The average Bonchev–Trinajstić information content (AvgIpc) is 2.61.